The number of nitrogens with zero attached hydrogens (tertiary/aromatic N) is 1. The van der Waals surface area contributed by atoms with Crippen molar-refractivity contribution in [2.24, 2.45) is 10.7 Å². The molecular formula is C18H16N2O2S. The summed E-state index contributed by atoms with van der Waals surface area (Å²) in [6.07, 6.45) is 0. The van der Waals surface area contributed by atoms with Gasteiger partial charge in [-0.3, -0.25) is 0 Å². The maximum absolute atomic E-state index is 5.90. The van der Waals surface area contributed by atoms with Crippen LogP contribution in [0.5, 0.6) is 5.75 Å². The van der Waals surface area contributed by atoms with Gasteiger partial charge in [0, 0.05) is 5.39 Å². The predicted octanol–water partition coefficient (Wildman–Crippen LogP) is 3.62. The summed E-state index contributed by atoms with van der Waals surface area (Å²) in [5, 5.41) is 0.946. The molecule has 0 saturated carbocycles. The van der Waals surface area contributed by atoms with Crippen molar-refractivity contribution in [1.29, 1.82) is 0 Å². The summed E-state index contributed by atoms with van der Waals surface area (Å²) >= 11 is 5.14. The summed E-state index contributed by atoms with van der Waals surface area (Å²) in [5.41, 5.74) is 9.47. The number of fused-ring (bicyclic) bond motifs is 1. The molecule has 23 heavy (non-hydrogen) atoms. The Morgan fingerprint density at radius 1 is 1.13 bits per heavy atom. The van der Waals surface area contributed by atoms with Crippen molar-refractivity contribution in [3.63, 3.8) is 0 Å². The lowest BCUT2D eigenvalue weighted by Crippen LogP contribution is -2.20. The molecule has 0 amide bonds. The summed E-state index contributed by atoms with van der Waals surface area (Å²) in [7, 11) is 1.62. The number of nitrogens with two attached hydrogens (primary N) is 1. The molecule has 0 aliphatic carbocycles. The number of ether oxygens (including phenoxy) is 1. The third kappa shape index (κ3) is 3.24. The van der Waals surface area contributed by atoms with Crippen LogP contribution >= 0.6 is 12.2 Å². The first-order valence-electron chi connectivity index (χ1n) is 7.10. The smallest absolute Gasteiger partial charge is 0.230 e. The van der Waals surface area contributed by atoms with Crippen LogP contribution in [0.25, 0.3) is 11.0 Å². The Labute approximate surface area is 139 Å². The molecule has 2 aromatic carbocycles. The first-order chi connectivity index (χ1) is 11.1. The van der Waals surface area contributed by atoms with Crippen molar-refractivity contribution < 1.29 is 9.15 Å². The topological polar surface area (TPSA) is 60.8 Å². The number of benzene rings is 2. The molecule has 0 aliphatic rings. The van der Waals surface area contributed by atoms with E-state index in [2.05, 4.69) is 4.99 Å². The minimum Gasteiger partial charge on any atom is -0.497 e. The summed E-state index contributed by atoms with van der Waals surface area (Å²) in [5.74, 6) is 0.768. The minimum atomic E-state index is 0.254. The number of rotatable bonds is 3. The highest BCUT2D eigenvalue weighted by atomic mass is 32.1. The molecule has 0 bridgehead atoms. The van der Waals surface area contributed by atoms with E-state index in [-0.39, 0.29) is 4.99 Å². The highest BCUT2D eigenvalue weighted by Crippen LogP contribution is 2.19. The van der Waals surface area contributed by atoms with Crippen LogP contribution in [0.2, 0.25) is 0 Å². The molecule has 0 radical (unpaired) electrons. The van der Waals surface area contributed by atoms with Gasteiger partial charge in [-0.05, 0) is 49.4 Å². The van der Waals surface area contributed by atoms with E-state index in [1.807, 2.05) is 55.5 Å². The van der Waals surface area contributed by atoms with Gasteiger partial charge in [-0.2, -0.15) is 0 Å². The molecule has 0 unspecified atom stereocenters. The van der Waals surface area contributed by atoms with Crippen molar-refractivity contribution in [1.82, 2.24) is 0 Å². The van der Waals surface area contributed by atoms with Crippen molar-refractivity contribution in [2.45, 2.75) is 6.92 Å². The zero-order chi connectivity index (χ0) is 16.4. The molecule has 1 heterocycles. The van der Waals surface area contributed by atoms with E-state index >= 15 is 0 Å². The lowest BCUT2D eigenvalue weighted by Gasteiger charge is -2.04. The van der Waals surface area contributed by atoms with Crippen LogP contribution in [0.15, 0.2) is 57.9 Å². The molecule has 0 aliphatic heterocycles. The van der Waals surface area contributed by atoms with Crippen LogP contribution in [-0.2, 0) is 0 Å². The van der Waals surface area contributed by atoms with Crippen LogP contribution in [0, 0.1) is 6.92 Å². The molecule has 0 fully saturated rings. The normalized spacial score (nSPS) is 11.7. The highest BCUT2D eigenvalue weighted by molar-refractivity contribution is 7.80. The quantitative estimate of drug-likeness (QED) is 0.748. The maximum Gasteiger partial charge on any atom is 0.230 e. The van der Waals surface area contributed by atoms with E-state index in [0.29, 0.717) is 11.1 Å². The van der Waals surface area contributed by atoms with Gasteiger partial charge in [0.1, 0.15) is 16.3 Å². The Morgan fingerprint density at radius 2 is 1.87 bits per heavy atom. The summed E-state index contributed by atoms with van der Waals surface area (Å²) in [6.45, 7) is 2.02. The Bertz CT molecular complexity index is 943. The van der Waals surface area contributed by atoms with Crippen molar-refractivity contribution in [3.8, 4) is 5.75 Å². The van der Waals surface area contributed by atoms with Crippen LogP contribution in [0.4, 0.5) is 5.69 Å². The van der Waals surface area contributed by atoms with Crippen LogP contribution in [-0.4, -0.2) is 12.1 Å². The van der Waals surface area contributed by atoms with Gasteiger partial charge in [-0.25, -0.2) is 4.99 Å². The van der Waals surface area contributed by atoms with Crippen LogP contribution < -0.4 is 16.0 Å². The zero-order valence-electron chi connectivity index (χ0n) is 12.9. The molecule has 0 atom stereocenters. The first-order valence-corrected chi connectivity index (χ1v) is 7.51. The lowest BCUT2D eigenvalue weighted by molar-refractivity contribution is 0.415. The fourth-order valence-corrected chi connectivity index (χ4v) is 2.43. The molecule has 3 aromatic rings. The Hall–Kier alpha value is -2.66. The molecule has 0 saturated heterocycles. The summed E-state index contributed by atoms with van der Waals surface area (Å²) in [6, 6.07) is 15.2. The summed E-state index contributed by atoms with van der Waals surface area (Å²) < 4.78 is 11.0. The van der Waals surface area contributed by atoms with Gasteiger partial charge in [-0.15, -0.1) is 0 Å². The molecule has 3 rings (SSSR count). The number of hydrogen-bond donors (Lipinski definition) is 1. The predicted molar refractivity (Wildman–Crippen MR) is 95.1 cm³/mol. The molecule has 2 N–H and O–H groups in total. The molecule has 5 heteroatoms. The van der Waals surface area contributed by atoms with Gasteiger partial charge in [0.05, 0.1) is 18.4 Å². The van der Waals surface area contributed by atoms with Crippen molar-refractivity contribution in [3.05, 3.63) is 65.2 Å². The Morgan fingerprint density at radius 3 is 2.52 bits per heavy atom. The van der Waals surface area contributed by atoms with Gasteiger partial charge in [0.15, 0.2) is 0 Å². The molecule has 116 valence electrons. The van der Waals surface area contributed by atoms with Gasteiger partial charge in [0.25, 0.3) is 0 Å². The minimum absolute atomic E-state index is 0.254. The standard InChI is InChI=1S/C18H16N2O2S/c1-11-3-8-16-12(9-11)10-15(17(19)23)18(22-16)20-13-4-6-14(21-2)7-5-13/h3-10H,1-2H3,(H2,19,23). The molecular weight excluding hydrogens is 308 g/mol. The lowest BCUT2D eigenvalue weighted by atomic mass is 10.1. The first kappa shape index (κ1) is 15.2. The van der Waals surface area contributed by atoms with E-state index in [0.717, 1.165) is 28.0 Å². The number of thiocarbonyl (C=S) groups is 1. The highest BCUT2D eigenvalue weighted by Gasteiger charge is 2.07. The second kappa shape index (κ2) is 6.22. The Balaban J connectivity index is 2.21. The van der Waals surface area contributed by atoms with E-state index in [9.17, 15) is 0 Å². The average Bonchev–Trinajstić information content (AvgIpc) is 2.55. The molecule has 1 aromatic heterocycles. The molecule has 4 nitrogen and oxygen atoms in total. The third-order valence-corrected chi connectivity index (χ3v) is 3.69. The Kier molecular flexibility index (Phi) is 4.12. The van der Waals surface area contributed by atoms with E-state index in [1.54, 1.807) is 7.11 Å². The van der Waals surface area contributed by atoms with Crippen LogP contribution in [0.1, 0.15) is 11.1 Å². The van der Waals surface area contributed by atoms with Crippen molar-refractivity contribution in [2.75, 3.05) is 7.11 Å². The van der Waals surface area contributed by atoms with Crippen LogP contribution in [0.3, 0.4) is 0 Å². The SMILES string of the molecule is COc1ccc(N=c2oc3ccc(C)cc3cc2C(N)=S)cc1. The van der Waals surface area contributed by atoms with Gasteiger partial charge in [-0.1, -0.05) is 23.8 Å². The number of methoxy groups -OCH3 is 1. The third-order valence-electron chi connectivity index (χ3n) is 3.47. The summed E-state index contributed by atoms with van der Waals surface area (Å²) in [4.78, 5) is 4.77. The van der Waals surface area contributed by atoms with Crippen molar-refractivity contribution >= 4 is 33.9 Å². The number of hydrogen-bond acceptors (Lipinski definition) is 4. The van der Waals surface area contributed by atoms with E-state index < -0.39 is 0 Å². The number of aryl methyl sites for hydroxylation is 1. The second-order valence-corrected chi connectivity index (χ2v) is 5.62. The van der Waals surface area contributed by atoms with E-state index in [4.69, 9.17) is 27.1 Å². The fourth-order valence-electron chi connectivity index (χ4n) is 2.28. The fraction of sp³-hybridized carbons (Fsp3) is 0.111. The molecule has 0 spiro atoms. The van der Waals surface area contributed by atoms with Gasteiger partial charge < -0.3 is 14.9 Å². The van der Waals surface area contributed by atoms with Gasteiger partial charge in [0.2, 0.25) is 5.55 Å². The van der Waals surface area contributed by atoms with Gasteiger partial charge >= 0.3 is 0 Å². The maximum atomic E-state index is 5.90. The monoisotopic (exact) mass is 324 g/mol. The average molecular weight is 324 g/mol. The zero-order valence-corrected chi connectivity index (χ0v) is 13.7. The second-order valence-electron chi connectivity index (χ2n) is 5.18. The largest absolute Gasteiger partial charge is 0.497 e. The van der Waals surface area contributed by atoms with E-state index in [1.165, 1.54) is 0 Å².